The van der Waals surface area contributed by atoms with E-state index in [2.05, 4.69) is 36.7 Å². The molecular weight excluding hydrogens is 352 g/mol. The molecule has 0 saturated heterocycles. The monoisotopic (exact) mass is 360 g/mol. The van der Waals surface area contributed by atoms with Crippen LogP contribution in [0.2, 0.25) is 5.15 Å². The summed E-state index contributed by atoms with van der Waals surface area (Å²) in [5.41, 5.74) is 3.88. The molecule has 0 unspecified atom stereocenters. The highest BCUT2D eigenvalue weighted by Crippen LogP contribution is 2.25. The molecular formula is C15H10BrClN4. The predicted molar refractivity (Wildman–Crippen MR) is 89.9 cm³/mol. The van der Waals surface area contributed by atoms with Gasteiger partial charge in [-0.15, -0.1) is 10.2 Å². The van der Waals surface area contributed by atoms with E-state index >= 15 is 0 Å². The van der Waals surface area contributed by atoms with Gasteiger partial charge in [0.05, 0.1) is 6.21 Å². The Morgan fingerprint density at radius 1 is 1.05 bits per heavy atom. The number of rotatable bonds is 3. The first kappa shape index (κ1) is 14.0. The molecule has 21 heavy (non-hydrogen) atoms. The molecule has 0 spiro atoms. The van der Waals surface area contributed by atoms with Crippen LogP contribution in [0, 0.1) is 0 Å². The van der Waals surface area contributed by atoms with Crippen LogP contribution in [-0.4, -0.2) is 16.4 Å². The van der Waals surface area contributed by atoms with Crippen molar-refractivity contribution in [1.29, 1.82) is 0 Å². The first-order valence-electron chi connectivity index (χ1n) is 6.19. The van der Waals surface area contributed by atoms with Gasteiger partial charge in [-0.3, -0.25) is 5.43 Å². The van der Waals surface area contributed by atoms with Gasteiger partial charge < -0.3 is 0 Å². The Bertz CT molecular complexity index is 820. The highest BCUT2D eigenvalue weighted by Gasteiger charge is 2.05. The van der Waals surface area contributed by atoms with Crippen LogP contribution >= 0.6 is 27.5 Å². The zero-order valence-corrected chi connectivity index (χ0v) is 13.1. The van der Waals surface area contributed by atoms with E-state index in [1.54, 1.807) is 6.21 Å². The van der Waals surface area contributed by atoms with Crippen LogP contribution in [-0.2, 0) is 0 Å². The zero-order valence-electron chi connectivity index (χ0n) is 10.8. The van der Waals surface area contributed by atoms with Gasteiger partial charge in [0, 0.05) is 15.2 Å². The van der Waals surface area contributed by atoms with Crippen molar-refractivity contribution in [2.75, 3.05) is 5.43 Å². The fraction of sp³-hybridized carbons (Fsp3) is 0. The average molecular weight is 362 g/mol. The zero-order chi connectivity index (χ0) is 14.7. The van der Waals surface area contributed by atoms with E-state index in [-0.39, 0.29) is 0 Å². The molecule has 0 amide bonds. The smallest absolute Gasteiger partial charge is 0.176 e. The van der Waals surface area contributed by atoms with Crippen molar-refractivity contribution in [3.8, 4) is 0 Å². The lowest BCUT2D eigenvalue weighted by atomic mass is 10.2. The molecule has 4 nitrogen and oxygen atoms in total. The number of hydrogen-bond acceptors (Lipinski definition) is 4. The molecule has 1 N–H and O–H groups in total. The van der Waals surface area contributed by atoms with Crippen LogP contribution in [0.1, 0.15) is 5.56 Å². The van der Waals surface area contributed by atoms with Crippen molar-refractivity contribution in [2.45, 2.75) is 0 Å². The van der Waals surface area contributed by atoms with Gasteiger partial charge >= 0.3 is 0 Å². The minimum absolute atomic E-state index is 0.382. The summed E-state index contributed by atoms with van der Waals surface area (Å²) in [6, 6.07) is 15.5. The second-order valence-corrected chi connectivity index (χ2v) is 5.58. The van der Waals surface area contributed by atoms with Crippen LogP contribution in [0.15, 0.2) is 58.1 Å². The lowest BCUT2D eigenvalue weighted by Gasteiger charge is -2.04. The normalized spacial score (nSPS) is 11.1. The van der Waals surface area contributed by atoms with Crippen LogP contribution in [0.3, 0.4) is 0 Å². The Labute approximate surface area is 135 Å². The Kier molecular flexibility index (Phi) is 4.13. The van der Waals surface area contributed by atoms with Gasteiger partial charge in [0.2, 0.25) is 0 Å². The van der Waals surface area contributed by atoms with Gasteiger partial charge in [0.25, 0.3) is 0 Å². The Hall–Kier alpha value is -1.98. The van der Waals surface area contributed by atoms with Gasteiger partial charge in [0.15, 0.2) is 11.0 Å². The number of hydrogen-bond donors (Lipinski definition) is 1. The van der Waals surface area contributed by atoms with Crippen molar-refractivity contribution in [3.05, 3.63) is 63.7 Å². The van der Waals surface area contributed by atoms with E-state index in [9.17, 15) is 0 Å². The van der Waals surface area contributed by atoms with Crippen molar-refractivity contribution < 1.29 is 0 Å². The van der Waals surface area contributed by atoms with Crippen LogP contribution < -0.4 is 5.43 Å². The van der Waals surface area contributed by atoms with E-state index in [0.717, 1.165) is 20.8 Å². The average Bonchev–Trinajstić information content (AvgIpc) is 2.50. The molecule has 0 aliphatic carbocycles. The standard InChI is InChI=1S/C15H10BrClN4/c16-11-5-3-4-10(8-11)9-18-20-15-13-7-2-1-6-12(13)14(17)19-21-15/h1-9H,(H,20,21)/b18-9+. The van der Waals surface area contributed by atoms with Gasteiger partial charge in [-0.2, -0.15) is 5.10 Å². The van der Waals surface area contributed by atoms with E-state index in [1.165, 1.54) is 0 Å². The van der Waals surface area contributed by atoms with Crippen molar-refractivity contribution in [3.63, 3.8) is 0 Å². The lowest BCUT2D eigenvalue weighted by Crippen LogP contribution is -1.97. The molecule has 0 atom stereocenters. The summed E-state index contributed by atoms with van der Waals surface area (Å²) in [5.74, 6) is 0.571. The van der Waals surface area contributed by atoms with Crippen molar-refractivity contribution in [2.24, 2.45) is 5.10 Å². The largest absolute Gasteiger partial charge is 0.259 e. The van der Waals surface area contributed by atoms with E-state index in [1.807, 2.05) is 48.5 Å². The quantitative estimate of drug-likeness (QED) is 0.552. The summed E-state index contributed by atoms with van der Waals surface area (Å²) in [7, 11) is 0. The topological polar surface area (TPSA) is 50.2 Å². The fourth-order valence-electron chi connectivity index (χ4n) is 1.91. The first-order chi connectivity index (χ1) is 10.2. The van der Waals surface area contributed by atoms with Gasteiger partial charge in [-0.25, -0.2) is 0 Å². The number of aromatic nitrogens is 2. The Morgan fingerprint density at radius 3 is 2.67 bits per heavy atom. The molecule has 1 aromatic heterocycles. The van der Waals surface area contributed by atoms with E-state index in [0.29, 0.717) is 11.0 Å². The number of benzene rings is 2. The molecule has 104 valence electrons. The van der Waals surface area contributed by atoms with Crippen LogP contribution in [0.25, 0.3) is 10.8 Å². The SMILES string of the molecule is Clc1nnc(N/N=C/c2cccc(Br)c2)c2ccccc12. The number of nitrogens with one attached hydrogen (secondary N) is 1. The maximum atomic E-state index is 6.03. The molecule has 0 aliphatic heterocycles. The second kappa shape index (κ2) is 6.20. The number of fused-ring (bicyclic) bond motifs is 1. The van der Waals surface area contributed by atoms with Gasteiger partial charge in [-0.05, 0) is 17.7 Å². The molecule has 1 heterocycles. The van der Waals surface area contributed by atoms with Crippen LogP contribution in [0.5, 0.6) is 0 Å². The molecule has 0 bridgehead atoms. The molecule has 3 aromatic rings. The summed E-state index contributed by atoms with van der Waals surface area (Å²) in [4.78, 5) is 0. The summed E-state index contributed by atoms with van der Waals surface area (Å²) in [6.07, 6.45) is 1.72. The molecule has 2 aromatic carbocycles. The summed E-state index contributed by atoms with van der Waals surface area (Å²) in [5, 5.41) is 14.3. The minimum atomic E-state index is 0.382. The number of nitrogens with zero attached hydrogens (tertiary/aromatic N) is 3. The molecule has 0 radical (unpaired) electrons. The van der Waals surface area contributed by atoms with E-state index < -0.39 is 0 Å². The van der Waals surface area contributed by atoms with Gasteiger partial charge in [-0.1, -0.05) is 63.9 Å². The fourth-order valence-corrected chi connectivity index (χ4v) is 2.53. The Morgan fingerprint density at radius 2 is 1.86 bits per heavy atom. The first-order valence-corrected chi connectivity index (χ1v) is 7.37. The predicted octanol–water partition coefficient (Wildman–Crippen LogP) is 4.49. The third-order valence-electron chi connectivity index (χ3n) is 2.87. The summed E-state index contributed by atoms with van der Waals surface area (Å²) < 4.78 is 1.00. The third kappa shape index (κ3) is 3.20. The van der Waals surface area contributed by atoms with Crippen molar-refractivity contribution >= 4 is 50.3 Å². The number of hydrazone groups is 1. The van der Waals surface area contributed by atoms with Gasteiger partial charge in [0.1, 0.15) is 0 Å². The molecule has 0 aliphatic rings. The second-order valence-electron chi connectivity index (χ2n) is 4.31. The Balaban J connectivity index is 1.87. The number of halogens is 2. The molecule has 3 rings (SSSR count). The molecule has 0 saturated carbocycles. The maximum absolute atomic E-state index is 6.03. The van der Waals surface area contributed by atoms with Crippen molar-refractivity contribution in [1.82, 2.24) is 10.2 Å². The van der Waals surface area contributed by atoms with E-state index in [4.69, 9.17) is 11.6 Å². The minimum Gasteiger partial charge on any atom is -0.259 e. The molecule has 0 fully saturated rings. The highest BCUT2D eigenvalue weighted by molar-refractivity contribution is 9.10. The maximum Gasteiger partial charge on any atom is 0.176 e. The number of anilines is 1. The summed E-state index contributed by atoms with van der Waals surface area (Å²) >= 11 is 9.45. The lowest BCUT2D eigenvalue weighted by molar-refractivity contribution is 1.04. The highest BCUT2D eigenvalue weighted by atomic mass is 79.9. The van der Waals surface area contributed by atoms with Crippen LogP contribution in [0.4, 0.5) is 5.82 Å². The third-order valence-corrected chi connectivity index (χ3v) is 3.65. The summed E-state index contributed by atoms with van der Waals surface area (Å²) in [6.45, 7) is 0. The molecule has 6 heteroatoms.